The van der Waals surface area contributed by atoms with Crippen molar-refractivity contribution in [1.82, 2.24) is 9.55 Å². The fraction of sp³-hybridized carbons (Fsp3) is 0.0426. The Kier molecular flexibility index (Phi) is 5.40. The van der Waals surface area contributed by atoms with Crippen molar-refractivity contribution < 1.29 is 0 Å². The molecule has 1 aromatic heterocycles. The quantitative estimate of drug-likeness (QED) is 0.179. The highest BCUT2D eigenvalue weighted by Crippen LogP contribution is 2.45. The average Bonchev–Trinajstić information content (AvgIpc) is 3.54. The molecule has 0 saturated carbocycles. The highest BCUT2D eigenvalue weighted by Gasteiger charge is 2.19. The van der Waals surface area contributed by atoms with Gasteiger partial charge >= 0.3 is 0 Å². The first-order valence-electron chi connectivity index (χ1n) is 17.2. The number of hydrogen-bond acceptors (Lipinski definition) is 1. The van der Waals surface area contributed by atoms with Gasteiger partial charge in [0.2, 0.25) is 0 Å². The number of imidazole rings is 1. The molecule has 0 aliphatic rings. The van der Waals surface area contributed by atoms with E-state index in [1.165, 1.54) is 92.1 Å². The van der Waals surface area contributed by atoms with Crippen LogP contribution in [0.2, 0.25) is 0 Å². The van der Waals surface area contributed by atoms with E-state index in [-0.39, 0.29) is 0 Å². The van der Waals surface area contributed by atoms with E-state index >= 15 is 0 Å². The van der Waals surface area contributed by atoms with Gasteiger partial charge in [0.05, 0.1) is 11.0 Å². The summed E-state index contributed by atoms with van der Waals surface area (Å²) < 4.78 is 2.34. The van der Waals surface area contributed by atoms with Crippen molar-refractivity contribution >= 4 is 86.4 Å². The van der Waals surface area contributed by atoms with Crippen LogP contribution in [0.25, 0.3) is 109 Å². The molecule has 0 aliphatic heterocycles. The number of hydrogen-bond donors (Lipinski definition) is 0. The molecule has 0 saturated heterocycles. The van der Waals surface area contributed by atoms with Crippen molar-refractivity contribution in [1.29, 1.82) is 0 Å². The fourth-order valence-electron chi connectivity index (χ4n) is 8.79. The molecule has 49 heavy (non-hydrogen) atoms. The van der Waals surface area contributed by atoms with Gasteiger partial charge in [0, 0.05) is 12.1 Å². The number of para-hydroxylation sites is 2. The van der Waals surface area contributed by atoms with Crippen molar-refractivity contribution in [3.63, 3.8) is 0 Å². The number of benzene rings is 9. The van der Waals surface area contributed by atoms with Crippen LogP contribution in [0.1, 0.15) is 6.92 Å². The minimum Gasteiger partial charge on any atom is -0.324 e. The second-order valence-corrected chi connectivity index (χ2v) is 13.3. The normalized spacial score (nSPS) is 12.3. The zero-order valence-corrected chi connectivity index (χ0v) is 27.0. The molecule has 1 heterocycles. The first-order chi connectivity index (χ1) is 24.3. The molecule has 2 nitrogen and oxygen atoms in total. The number of rotatable bonds is 3. The van der Waals surface area contributed by atoms with Gasteiger partial charge in [-0.2, -0.15) is 0 Å². The topological polar surface area (TPSA) is 17.8 Å². The van der Waals surface area contributed by atoms with Crippen molar-refractivity contribution in [2.24, 2.45) is 0 Å². The van der Waals surface area contributed by atoms with Gasteiger partial charge in [0.25, 0.3) is 0 Å². The maximum absolute atomic E-state index is 5.15. The maximum atomic E-state index is 5.15. The zero-order valence-electron chi connectivity index (χ0n) is 27.0. The number of aromatic nitrogens is 2. The molecular weight excluding hydrogens is 593 g/mol. The number of fused-ring (bicyclic) bond motifs is 4. The Morgan fingerprint density at radius 3 is 1.59 bits per heavy atom. The van der Waals surface area contributed by atoms with E-state index < -0.39 is 0 Å². The van der Waals surface area contributed by atoms with E-state index in [4.69, 9.17) is 4.98 Å². The Morgan fingerprint density at radius 1 is 0.429 bits per heavy atom. The summed E-state index contributed by atoms with van der Waals surface area (Å²) in [6.45, 7) is 3.06. The van der Waals surface area contributed by atoms with Gasteiger partial charge in [-0.05, 0) is 124 Å². The molecule has 0 aliphatic carbocycles. The van der Waals surface area contributed by atoms with Gasteiger partial charge < -0.3 is 4.57 Å². The smallest absolute Gasteiger partial charge is 0.141 e. The molecule has 0 N–H and O–H groups in total. The van der Waals surface area contributed by atoms with Crippen molar-refractivity contribution in [2.75, 3.05) is 0 Å². The van der Waals surface area contributed by atoms with E-state index in [1.54, 1.807) is 0 Å². The monoisotopic (exact) mass is 622 g/mol. The zero-order chi connectivity index (χ0) is 32.2. The van der Waals surface area contributed by atoms with Crippen LogP contribution in [0.5, 0.6) is 0 Å². The lowest BCUT2D eigenvalue weighted by Crippen LogP contribution is -1.98. The summed E-state index contributed by atoms with van der Waals surface area (Å²) in [6, 6.07) is 56.4. The largest absolute Gasteiger partial charge is 0.324 e. The Balaban J connectivity index is 1.29. The average molecular weight is 623 g/mol. The number of aryl methyl sites for hydroxylation is 1. The fourth-order valence-corrected chi connectivity index (χ4v) is 8.79. The van der Waals surface area contributed by atoms with E-state index in [0.29, 0.717) is 0 Å². The van der Waals surface area contributed by atoms with Crippen molar-refractivity contribution in [3.05, 3.63) is 152 Å². The molecule has 11 rings (SSSR count). The summed E-state index contributed by atoms with van der Waals surface area (Å²) in [6.07, 6.45) is 0. The van der Waals surface area contributed by atoms with E-state index in [0.717, 1.165) is 23.4 Å². The minimum atomic E-state index is 0.858. The van der Waals surface area contributed by atoms with Crippen LogP contribution in [0.4, 0.5) is 0 Å². The van der Waals surface area contributed by atoms with Crippen molar-refractivity contribution in [2.45, 2.75) is 13.5 Å². The van der Waals surface area contributed by atoms with Gasteiger partial charge in [-0.3, -0.25) is 0 Å². The summed E-state index contributed by atoms with van der Waals surface area (Å²) in [4.78, 5) is 5.15. The minimum absolute atomic E-state index is 0.858. The number of nitrogens with zero attached hydrogens (tertiary/aromatic N) is 2. The molecule has 10 aromatic carbocycles. The Morgan fingerprint density at radius 2 is 0.939 bits per heavy atom. The molecule has 2 heteroatoms. The van der Waals surface area contributed by atoms with E-state index in [2.05, 4.69) is 163 Å². The second-order valence-electron chi connectivity index (χ2n) is 13.3. The third kappa shape index (κ3) is 3.63. The van der Waals surface area contributed by atoms with Crippen LogP contribution >= 0.6 is 0 Å². The van der Waals surface area contributed by atoms with Crippen LogP contribution in [-0.2, 0) is 6.54 Å². The van der Waals surface area contributed by atoms with E-state index in [1.807, 2.05) is 0 Å². The molecule has 0 atom stereocenters. The van der Waals surface area contributed by atoms with E-state index in [9.17, 15) is 0 Å². The van der Waals surface area contributed by atoms with Crippen LogP contribution in [-0.4, -0.2) is 9.55 Å². The molecular formula is C47H30N2. The van der Waals surface area contributed by atoms with Crippen LogP contribution < -0.4 is 0 Å². The molecule has 0 radical (unpaired) electrons. The Labute approximate surface area is 282 Å². The summed E-state index contributed by atoms with van der Waals surface area (Å²) in [5, 5.41) is 18.1. The predicted molar refractivity (Wildman–Crippen MR) is 210 cm³/mol. The molecule has 228 valence electrons. The van der Waals surface area contributed by atoms with Gasteiger partial charge in [-0.1, -0.05) is 121 Å². The highest BCUT2D eigenvalue weighted by atomic mass is 15.1. The summed E-state index contributed by atoms with van der Waals surface area (Å²) in [5.41, 5.74) is 5.83. The van der Waals surface area contributed by atoms with Crippen LogP contribution in [0.15, 0.2) is 152 Å². The molecule has 0 fully saturated rings. The Bertz CT molecular complexity index is 3140. The molecule has 0 spiro atoms. The molecule has 11 aromatic rings. The third-order valence-electron chi connectivity index (χ3n) is 10.9. The van der Waals surface area contributed by atoms with Gasteiger partial charge in [-0.15, -0.1) is 0 Å². The Hall–Kier alpha value is -6.25. The SMILES string of the molecule is CCn1c(-c2ccc(-c3cc4ccc5cccc6c7cccc8ccc9cccc(c(c3)c4c56)c9c87)c3ccccc23)nc2ccccc21. The van der Waals surface area contributed by atoms with Gasteiger partial charge in [0.15, 0.2) is 0 Å². The summed E-state index contributed by atoms with van der Waals surface area (Å²) in [5.74, 6) is 1.02. The lowest BCUT2D eigenvalue weighted by molar-refractivity contribution is 0.797. The summed E-state index contributed by atoms with van der Waals surface area (Å²) >= 11 is 0. The summed E-state index contributed by atoms with van der Waals surface area (Å²) in [7, 11) is 0. The lowest BCUT2D eigenvalue weighted by atomic mass is 9.86. The highest BCUT2D eigenvalue weighted by molar-refractivity contribution is 6.37. The first kappa shape index (κ1) is 26.8. The van der Waals surface area contributed by atoms with Gasteiger partial charge in [0.1, 0.15) is 5.82 Å². The van der Waals surface area contributed by atoms with Crippen molar-refractivity contribution in [3.8, 4) is 22.5 Å². The lowest BCUT2D eigenvalue weighted by Gasteiger charge is -2.18. The van der Waals surface area contributed by atoms with Crippen LogP contribution in [0.3, 0.4) is 0 Å². The van der Waals surface area contributed by atoms with Crippen LogP contribution in [0, 0.1) is 0 Å². The second kappa shape index (κ2) is 9.88. The standard InChI is InChI=1S/C47H30N2/c1-2-49-42-19-6-5-18-41(42)48-47(49)39-25-24-33(34-13-3-4-14-35(34)39)32-26-31-23-22-30-11-8-16-37-36-15-7-10-28-20-21-29-12-9-17-38(45(29)43(28)36)40(27-32)46(31)44(30)37/h3-27H,2H2,1H3. The molecule has 0 amide bonds. The molecule has 0 unspecified atom stereocenters. The van der Waals surface area contributed by atoms with Gasteiger partial charge in [-0.25, -0.2) is 4.98 Å². The predicted octanol–water partition coefficient (Wildman–Crippen LogP) is 12.9. The maximum Gasteiger partial charge on any atom is 0.141 e. The third-order valence-corrected chi connectivity index (χ3v) is 10.9. The first-order valence-corrected chi connectivity index (χ1v) is 17.2. The molecule has 0 bridgehead atoms.